The number of rotatable bonds is 4. The Labute approximate surface area is 144 Å². The van der Waals surface area contributed by atoms with Crippen LogP contribution in [-0.2, 0) is 10.2 Å². The third kappa shape index (κ3) is 5.06. The number of amides is 2. The molecular weight excluding hydrogens is 304 g/mol. The molecule has 0 spiro atoms. The van der Waals surface area contributed by atoms with Gasteiger partial charge in [0.05, 0.1) is 6.10 Å². The Morgan fingerprint density at radius 2 is 1.92 bits per heavy atom. The van der Waals surface area contributed by atoms with Crippen LogP contribution in [0.25, 0.3) is 0 Å². The number of nitrogens with one attached hydrogen (secondary N) is 1. The lowest BCUT2D eigenvalue weighted by molar-refractivity contribution is -0.134. The summed E-state index contributed by atoms with van der Waals surface area (Å²) >= 11 is 0. The van der Waals surface area contributed by atoms with E-state index >= 15 is 0 Å². The fraction of sp³-hybridized carbons (Fsp3) is 0.579. The topological polar surface area (TPSA) is 69.6 Å². The summed E-state index contributed by atoms with van der Waals surface area (Å²) in [5.41, 5.74) is 1.84. The van der Waals surface area contributed by atoms with E-state index in [1.54, 1.807) is 4.90 Å². The SMILES string of the molecule is CC(C)(C)c1ccc(C(=O)NCCC(=O)N2CCCC(O)C2)cc1. The fourth-order valence-electron chi connectivity index (χ4n) is 2.85. The molecule has 1 fully saturated rings. The van der Waals surface area contributed by atoms with Crippen LogP contribution in [0.5, 0.6) is 0 Å². The minimum absolute atomic E-state index is 0.0165. The third-order valence-electron chi connectivity index (χ3n) is 4.39. The number of benzene rings is 1. The van der Waals surface area contributed by atoms with Gasteiger partial charge in [0.25, 0.3) is 5.91 Å². The normalized spacial score (nSPS) is 18.3. The minimum Gasteiger partial charge on any atom is -0.391 e. The highest BCUT2D eigenvalue weighted by Crippen LogP contribution is 2.22. The van der Waals surface area contributed by atoms with Crippen LogP contribution in [0.3, 0.4) is 0 Å². The lowest BCUT2D eigenvalue weighted by Gasteiger charge is -2.30. The lowest BCUT2D eigenvalue weighted by Crippen LogP contribution is -2.43. The zero-order chi connectivity index (χ0) is 17.7. The molecule has 1 aromatic rings. The van der Waals surface area contributed by atoms with E-state index in [1.807, 2.05) is 24.3 Å². The van der Waals surface area contributed by atoms with Gasteiger partial charge in [0, 0.05) is 31.6 Å². The molecule has 0 saturated carbocycles. The summed E-state index contributed by atoms with van der Waals surface area (Å²) in [4.78, 5) is 25.9. The van der Waals surface area contributed by atoms with Crippen molar-refractivity contribution in [2.24, 2.45) is 0 Å². The molecule has 0 radical (unpaired) electrons. The van der Waals surface area contributed by atoms with Crippen molar-refractivity contribution in [3.63, 3.8) is 0 Å². The van der Waals surface area contributed by atoms with Gasteiger partial charge in [-0.2, -0.15) is 0 Å². The van der Waals surface area contributed by atoms with E-state index in [4.69, 9.17) is 0 Å². The van der Waals surface area contributed by atoms with Gasteiger partial charge in [-0.3, -0.25) is 9.59 Å². The summed E-state index contributed by atoms with van der Waals surface area (Å²) < 4.78 is 0. The van der Waals surface area contributed by atoms with Crippen LogP contribution >= 0.6 is 0 Å². The first kappa shape index (κ1) is 18.5. The van der Waals surface area contributed by atoms with Gasteiger partial charge in [-0.15, -0.1) is 0 Å². The Balaban J connectivity index is 1.79. The molecule has 1 aromatic carbocycles. The first-order valence-electron chi connectivity index (χ1n) is 8.62. The molecule has 1 atom stereocenters. The van der Waals surface area contributed by atoms with Crippen LogP contribution in [0.15, 0.2) is 24.3 Å². The van der Waals surface area contributed by atoms with Crippen LogP contribution in [-0.4, -0.2) is 47.6 Å². The average molecular weight is 332 g/mol. The molecular formula is C19H28N2O3. The van der Waals surface area contributed by atoms with E-state index in [2.05, 4.69) is 26.1 Å². The Kier molecular flexibility index (Phi) is 5.99. The summed E-state index contributed by atoms with van der Waals surface area (Å²) in [6, 6.07) is 7.57. The quantitative estimate of drug-likeness (QED) is 0.887. The molecule has 5 nitrogen and oxygen atoms in total. The molecule has 0 aromatic heterocycles. The van der Waals surface area contributed by atoms with Crippen LogP contribution in [0.4, 0.5) is 0 Å². The molecule has 1 aliphatic heterocycles. The first-order chi connectivity index (χ1) is 11.3. The van der Waals surface area contributed by atoms with Gasteiger partial charge in [-0.1, -0.05) is 32.9 Å². The maximum absolute atomic E-state index is 12.1. The van der Waals surface area contributed by atoms with Crippen molar-refractivity contribution in [1.82, 2.24) is 10.2 Å². The first-order valence-corrected chi connectivity index (χ1v) is 8.62. The van der Waals surface area contributed by atoms with Gasteiger partial charge in [0.1, 0.15) is 0 Å². The number of β-amino-alcohol motifs (C(OH)–C–C–N with tert-alkyl or cyclic N) is 1. The number of aliphatic hydroxyl groups excluding tert-OH is 1. The van der Waals surface area contributed by atoms with Gasteiger partial charge in [-0.25, -0.2) is 0 Å². The number of hydrogen-bond donors (Lipinski definition) is 2. The highest BCUT2D eigenvalue weighted by molar-refractivity contribution is 5.94. The van der Waals surface area contributed by atoms with Crippen molar-refractivity contribution in [1.29, 1.82) is 0 Å². The van der Waals surface area contributed by atoms with Gasteiger partial charge in [0.2, 0.25) is 5.91 Å². The second-order valence-electron chi connectivity index (χ2n) is 7.47. The Morgan fingerprint density at radius 3 is 2.50 bits per heavy atom. The maximum atomic E-state index is 12.1. The lowest BCUT2D eigenvalue weighted by atomic mass is 9.87. The number of aliphatic hydroxyl groups is 1. The Morgan fingerprint density at radius 1 is 1.25 bits per heavy atom. The zero-order valence-electron chi connectivity index (χ0n) is 14.8. The van der Waals surface area contributed by atoms with Crippen LogP contribution in [0, 0.1) is 0 Å². The van der Waals surface area contributed by atoms with E-state index < -0.39 is 6.10 Å². The zero-order valence-corrected chi connectivity index (χ0v) is 14.8. The molecule has 1 saturated heterocycles. The number of hydrogen-bond acceptors (Lipinski definition) is 3. The summed E-state index contributed by atoms with van der Waals surface area (Å²) in [7, 11) is 0. The fourth-order valence-corrected chi connectivity index (χ4v) is 2.85. The molecule has 1 aliphatic rings. The van der Waals surface area contributed by atoms with Crippen molar-refractivity contribution in [3.8, 4) is 0 Å². The van der Waals surface area contributed by atoms with Crippen LogP contribution < -0.4 is 5.32 Å². The monoisotopic (exact) mass is 332 g/mol. The molecule has 1 heterocycles. The summed E-state index contributed by atoms with van der Waals surface area (Å²) in [5.74, 6) is -0.181. The molecule has 2 amide bonds. The minimum atomic E-state index is -0.418. The smallest absolute Gasteiger partial charge is 0.251 e. The van der Waals surface area contributed by atoms with Crippen molar-refractivity contribution >= 4 is 11.8 Å². The predicted molar refractivity (Wildman–Crippen MR) is 93.9 cm³/mol. The molecule has 2 N–H and O–H groups in total. The van der Waals surface area contributed by atoms with E-state index in [1.165, 1.54) is 5.56 Å². The van der Waals surface area contributed by atoms with Crippen molar-refractivity contribution in [2.75, 3.05) is 19.6 Å². The Bertz CT molecular complexity index is 575. The number of likely N-dealkylation sites (tertiary alicyclic amines) is 1. The number of carbonyl (C=O) groups is 2. The van der Waals surface area contributed by atoms with Crippen molar-refractivity contribution in [3.05, 3.63) is 35.4 Å². The van der Waals surface area contributed by atoms with E-state index in [9.17, 15) is 14.7 Å². The van der Waals surface area contributed by atoms with Gasteiger partial charge in [-0.05, 0) is 36.0 Å². The van der Waals surface area contributed by atoms with Crippen molar-refractivity contribution < 1.29 is 14.7 Å². The van der Waals surface area contributed by atoms with E-state index in [0.717, 1.165) is 12.8 Å². The standard InChI is InChI=1S/C19H28N2O3/c1-19(2,3)15-8-6-14(7-9-15)18(24)20-11-10-17(23)21-12-4-5-16(22)13-21/h6-9,16,22H,4-5,10-13H2,1-3H3,(H,20,24). The van der Waals surface area contributed by atoms with Gasteiger partial charge < -0.3 is 15.3 Å². The van der Waals surface area contributed by atoms with Crippen LogP contribution in [0.2, 0.25) is 0 Å². The summed E-state index contributed by atoms with van der Waals surface area (Å²) in [6.07, 6.45) is 1.43. The maximum Gasteiger partial charge on any atom is 0.251 e. The summed E-state index contributed by atoms with van der Waals surface area (Å²) in [6.45, 7) is 7.80. The molecule has 132 valence electrons. The Hall–Kier alpha value is -1.88. The predicted octanol–water partition coefficient (Wildman–Crippen LogP) is 2.09. The molecule has 0 aliphatic carbocycles. The highest BCUT2D eigenvalue weighted by Gasteiger charge is 2.21. The highest BCUT2D eigenvalue weighted by atomic mass is 16.3. The molecule has 24 heavy (non-hydrogen) atoms. The van der Waals surface area contributed by atoms with E-state index in [-0.39, 0.29) is 23.7 Å². The molecule has 0 bridgehead atoms. The second-order valence-corrected chi connectivity index (χ2v) is 7.47. The van der Waals surface area contributed by atoms with Crippen molar-refractivity contribution in [2.45, 2.75) is 51.6 Å². The number of carbonyl (C=O) groups excluding carboxylic acids is 2. The van der Waals surface area contributed by atoms with Gasteiger partial charge >= 0.3 is 0 Å². The second kappa shape index (κ2) is 7.79. The molecule has 5 heteroatoms. The van der Waals surface area contributed by atoms with Crippen LogP contribution in [0.1, 0.15) is 56.0 Å². The number of nitrogens with zero attached hydrogens (tertiary/aromatic N) is 1. The molecule has 1 unspecified atom stereocenters. The largest absolute Gasteiger partial charge is 0.391 e. The number of piperidine rings is 1. The third-order valence-corrected chi connectivity index (χ3v) is 4.39. The summed E-state index contributed by atoms with van der Waals surface area (Å²) in [5, 5.41) is 12.4. The molecule has 2 rings (SSSR count). The van der Waals surface area contributed by atoms with E-state index in [0.29, 0.717) is 25.2 Å². The van der Waals surface area contributed by atoms with Gasteiger partial charge in [0.15, 0.2) is 0 Å². The average Bonchev–Trinajstić information content (AvgIpc) is 2.54.